The van der Waals surface area contributed by atoms with E-state index in [-0.39, 0.29) is 4.90 Å². The number of benzene rings is 1. The second kappa shape index (κ2) is 5.02. The van der Waals surface area contributed by atoms with Gasteiger partial charge in [-0.15, -0.1) is 0 Å². The lowest BCUT2D eigenvalue weighted by molar-refractivity contribution is 0.490. The fraction of sp³-hybridized carbons (Fsp3) is 0.538. The molecule has 1 saturated heterocycles. The Morgan fingerprint density at radius 1 is 1.37 bits per heavy atom. The Hall–Kier alpha value is -1.27. The summed E-state index contributed by atoms with van der Waals surface area (Å²) in [6, 6.07) is 5.28. The number of primary sulfonamides is 1. The average Bonchev–Trinajstić information content (AvgIpc) is 2.76. The van der Waals surface area contributed by atoms with Gasteiger partial charge in [0.1, 0.15) is 4.90 Å². The van der Waals surface area contributed by atoms with Crippen LogP contribution >= 0.6 is 0 Å². The first-order valence-corrected chi connectivity index (χ1v) is 8.04. The molecule has 0 radical (unpaired) electrons. The number of nitrogens with two attached hydrogens (primary N) is 2. The molecular formula is C13H21N3O2S. The van der Waals surface area contributed by atoms with Gasteiger partial charge in [-0.1, -0.05) is 13.8 Å². The number of nitrogen functional groups attached to an aromatic ring is 1. The summed E-state index contributed by atoms with van der Waals surface area (Å²) < 4.78 is 23.5. The van der Waals surface area contributed by atoms with E-state index < -0.39 is 10.0 Å². The van der Waals surface area contributed by atoms with Crippen molar-refractivity contribution in [1.29, 1.82) is 0 Å². The average molecular weight is 283 g/mol. The van der Waals surface area contributed by atoms with Crippen LogP contribution < -0.4 is 15.8 Å². The minimum absolute atomic E-state index is 0.125. The molecule has 5 nitrogen and oxygen atoms in total. The van der Waals surface area contributed by atoms with Gasteiger partial charge in [-0.3, -0.25) is 0 Å². The highest BCUT2D eigenvalue weighted by molar-refractivity contribution is 7.89. The van der Waals surface area contributed by atoms with Crippen LogP contribution in [-0.2, 0) is 10.0 Å². The van der Waals surface area contributed by atoms with Crippen LogP contribution in [0.1, 0.15) is 26.7 Å². The molecule has 0 spiro atoms. The zero-order valence-electron chi connectivity index (χ0n) is 11.3. The van der Waals surface area contributed by atoms with Crippen molar-refractivity contribution in [3.8, 4) is 0 Å². The van der Waals surface area contributed by atoms with E-state index in [1.165, 1.54) is 6.07 Å². The standard InChI is InChI=1S/C13H21N3O2S/c1-9(2)11-4-3-7-16(11)12-6-5-10(14)8-13(12)19(15,17)18/h5-6,8-9,11H,3-4,7,14H2,1-2H3,(H2,15,17,18). The first-order valence-electron chi connectivity index (χ1n) is 6.49. The van der Waals surface area contributed by atoms with Crippen molar-refractivity contribution in [3.05, 3.63) is 18.2 Å². The molecule has 1 aromatic rings. The monoisotopic (exact) mass is 283 g/mol. The van der Waals surface area contributed by atoms with Crippen molar-refractivity contribution in [3.63, 3.8) is 0 Å². The molecular weight excluding hydrogens is 262 g/mol. The Balaban J connectivity index is 2.51. The number of hydrogen-bond acceptors (Lipinski definition) is 4. The SMILES string of the molecule is CC(C)C1CCCN1c1ccc(N)cc1S(N)(=O)=O. The van der Waals surface area contributed by atoms with Crippen LogP contribution in [-0.4, -0.2) is 21.0 Å². The third kappa shape index (κ3) is 2.84. The third-order valence-corrected chi connectivity index (χ3v) is 4.61. The molecule has 1 atom stereocenters. The maximum Gasteiger partial charge on any atom is 0.240 e. The first kappa shape index (κ1) is 14.1. The van der Waals surface area contributed by atoms with Crippen LogP contribution in [0.4, 0.5) is 11.4 Å². The molecule has 1 aliphatic rings. The maximum atomic E-state index is 11.7. The molecule has 0 aliphatic carbocycles. The summed E-state index contributed by atoms with van der Waals surface area (Å²) in [5.41, 5.74) is 6.76. The lowest BCUT2D eigenvalue weighted by atomic mass is 10.0. The van der Waals surface area contributed by atoms with Gasteiger partial charge in [0.25, 0.3) is 0 Å². The molecule has 0 bridgehead atoms. The van der Waals surface area contributed by atoms with E-state index in [0.717, 1.165) is 19.4 Å². The lowest BCUT2D eigenvalue weighted by Gasteiger charge is -2.31. The van der Waals surface area contributed by atoms with Gasteiger partial charge < -0.3 is 10.6 Å². The lowest BCUT2D eigenvalue weighted by Crippen LogP contribution is -2.34. The Morgan fingerprint density at radius 2 is 2.05 bits per heavy atom. The molecule has 19 heavy (non-hydrogen) atoms. The minimum atomic E-state index is -3.76. The van der Waals surface area contributed by atoms with Crippen molar-refractivity contribution in [2.24, 2.45) is 11.1 Å². The summed E-state index contributed by atoms with van der Waals surface area (Å²) >= 11 is 0. The summed E-state index contributed by atoms with van der Waals surface area (Å²) in [6.45, 7) is 5.16. The fourth-order valence-electron chi connectivity index (χ4n) is 2.78. The maximum absolute atomic E-state index is 11.7. The predicted octanol–water partition coefficient (Wildman–Crippen LogP) is 1.54. The van der Waals surface area contributed by atoms with Gasteiger partial charge in [0.05, 0.1) is 5.69 Å². The van der Waals surface area contributed by atoms with Gasteiger partial charge >= 0.3 is 0 Å². The number of anilines is 2. The number of nitrogens with zero attached hydrogens (tertiary/aromatic N) is 1. The molecule has 0 amide bonds. The smallest absolute Gasteiger partial charge is 0.240 e. The van der Waals surface area contributed by atoms with E-state index in [9.17, 15) is 8.42 Å². The molecule has 1 aromatic carbocycles. The Bertz CT molecular complexity index is 569. The molecule has 1 aliphatic heterocycles. The summed E-state index contributed by atoms with van der Waals surface area (Å²) in [5, 5.41) is 5.31. The molecule has 4 N–H and O–H groups in total. The number of rotatable bonds is 3. The summed E-state index contributed by atoms with van der Waals surface area (Å²) in [6.07, 6.45) is 2.14. The van der Waals surface area contributed by atoms with Crippen molar-refractivity contribution in [1.82, 2.24) is 0 Å². The van der Waals surface area contributed by atoms with Crippen molar-refractivity contribution >= 4 is 21.4 Å². The van der Waals surface area contributed by atoms with Crippen molar-refractivity contribution in [2.75, 3.05) is 17.2 Å². The van der Waals surface area contributed by atoms with Crippen LogP contribution in [0.25, 0.3) is 0 Å². The third-order valence-electron chi connectivity index (χ3n) is 3.67. The summed E-state index contributed by atoms with van der Waals surface area (Å²) in [5.74, 6) is 0.466. The van der Waals surface area contributed by atoms with Crippen molar-refractivity contribution in [2.45, 2.75) is 37.6 Å². The van der Waals surface area contributed by atoms with Gasteiger partial charge in [-0.05, 0) is 37.0 Å². The number of hydrogen-bond donors (Lipinski definition) is 2. The Kier molecular flexibility index (Phi) is 3.73. The first-order chi connectivity index (χ1) is 8.80. The Labute approximate surface area is 114 Å². The zero-order chi connectivity index (χ0) is 14.2. The molecule has 1 unspecified atom stereocenters. The van der Waals surface area contributed by atoms with Gasteiger partial charge in [0, 0.05) is 18.3 Å². The normalized spacial score (nSPS) is 20.2. The zero-order valence-corrected chi connectivity index (χ0v) is 12.2. The molecule has 0 saturated carbocycles. The van der Waals surface area contributed by atoms with Crippen LogP contribution in [0.2, 0.25) is 0 Å². The van der Waals surface area contributed by atoms with E-state index in [1.54, 1.807) is 12.1 Å². The van der Waals surface area contributed by atoms with Gasteiger partial charge in [-0.2, -0.15) is 0 Å². The van der Waals surface area contributed by atoms with E-state index in [0.29, 0.717) is 23.3 Å². The van der Waals surface area contributed by atoms with Crippen LogP contribution in [0.5, 0.6) is 0 Å². The molecule has 1 heterocycles. The predicted molar refractivity (Wildman–Crippen MR) is 77.4 cm³/mol. The van der Waals surface area contributed by atoms with Crippen LogP contribution in [0.15, 0.2) is 23.1 Å². The number of sulfonamides is 1. The molecule has 6 heteroatoms. The fourth-order valence-corrected chi connectivity index (χ4v) is 3.56. The topological polar surface area (TPSA) is 89.4 Å². The highest BCUT2D eigenvalue weighted by Gasteiger charge is 2.30. The van der Waals surface area contributed by atoms with E-state index in [2.05, 4.69) is 18.7 Å². The van der Waals surface area contributed by atoms with E-state index in [1.807, 2.05) is 0 Å². The van der Waals surface area contributed by atoms with Crippen LogP contribution in [0, 0.1) is 5.92 Å². The highest BCUT2D eigenvalue weighted by Crippen LogP contribution is 2.34. The minimum Gasteiger partial charge on any atom is -0.399 e. The quantitative estimate of drug-likeness (QED) is 0.823. The largest absolute Gasteiger partial charge is 0.399 e. The molecule has 0 aromatic heterocycles. The van der Waals surface area contributed by atoms with Gasteiger partial charge in [0.15, 0.2) is 0 Å². The summed E-state index contributed by atoms with van der Waals surface area (Å²) in [7, 11) is -3.76. The second-order valence-corrected chi connectivity index (χ2v) is 6.95. The van der Waals surface area contributed by atoms with Crippen molar-refractivity contribution < 1.29 is 8.42 Å². The Morgan fingerprint density at radius 3 is 2.63 bits per heavy atom. The molecule has 106 valence electrons. The molecule has 1 fully saturated rings. The highest BCUT2D eigenvalue weighted by atomic mass is 32.2. The van der Waals surface area contributed by atoms with E-state index in [4.69, 9.17) is 10.9 Å². The molecule has 2 rings (SSSR count). The van der Waals surface area contributed by atoms with Crippen LogP contribution in [0.3, 0.4) is 0 Å². The van der Waals surface area contributed by atoms with Gasteiger partial charge in [0.2, 0.25) is 10.0 Å². The summed E-state index contributed by atoms with van der Waals surface area (Å²) in [4.78, 5) is 2.27. The second-order valence-electron chi connectivity index (χ2n) is 5.42. The van der Waals surface area contributed by atoms with E-state index >= 15 is 0 Å². The van der Waals surface area contributed by atoms with Gasteiger partial charge in [-0.25, -0.2) is 13.6 Å².